The largest absolute Gasteiger partial charge is 0.481 e. The first kappa shape index (κ1) is 51.5. The topological polar surface area (TPSA) is 507 Å². The molecule has 0 atom stereocenters. The van der Waals surface area contributed by atoms with E-state index in [-0.39, 0.29) is 0 Å². The van der Waals surface area contributed by atoms with E-state index in [4.69, 9.17) is 0 Å². The molecule has 37 heteroatoms. The third-order valence-corrected chi connectivity index (χ3v) is 21.9. The van der Waals surface area contributed by atoms with Crippen LogP contribution in [0.25, 0.3) is 0 Å². The van der Waals surface area contributed by atoms with Gasteiger partial charge in [-0.25, -0.2) is 14.7 Å². The summed E-state index contributed by atoms with van der Waals surface area (Å²) >= 11 is 0. The second-order valence-electron chi connectivity index (χ2n) is 10.5. The number of hydrogen-bond acceptors (Lipinski definition) is 12. The van der Waals surface area contributed by atoms with Crippen LogP contribution in [0.4, 0.5) is 0 Å². The van der Waals surface area contributed by atoms with Crippen molar-refractivity contribution in [3.63, 3.8) is 0 Å². The van der Waals surface area contributed by atoms with Crippen LogP contribution in [-0.2, 0) is 41.3 Å². The second-order valence-corrected chi connectivity index (χ2v) is 25.5. The lowest BCUT2D eigenvalue weighted by Crippen LogP contribution is -2.73. The van der Waals surface area contributed by atoms with Crippen molar-refractivity contribution < 1.29 is 125 Å². The van der Waals surface area contributed by atoms with Crippen molar-refractivity contribution >= 4 is 66.7 Å². The average molecular weight is 913 g/mol. The first-order valence-electron chi connectivity index (χ1n) is 13.1. The monoisotopic (exact) mass is 913 g/mol. The summed E-state index contributed by atoms with van der Waals surface area (Å²) in [7, 11) is -58.1. The molecule has 0 bridgehead atoms. The minimum Gasteiger partial charge on any atom is -0.481 e. The number of carboxylic acids is 1. The van der Waals surface area contributed by atoms with Crippen LogP contribution in [0, 0.1) is 0 Å². The van der Waals surface area contributed by atoms with E-state index in [1.807, 2.05) is 0 Å². The Morgan fingerprint density at radius 3 is 0.882 bits per heavy atom. The number of nitrogens with zero attached hydrogens (tertiary/aromatic N) is 3. The van der Waals surface area contributed by atoms with Gasteiger partial charge in [-0.2, -0.15) is 0 Å². The Balaban J connectivity index is 10.1. The highest BCUT2D eigenvalue weighted by molar-refractivity contribution is 7.75. The smallest absolute Gasteiger partial charge is 0.373 e. The molecule has 0 aromatic rings. The van der Waals surface area contributed by atoms with E-state index in [0.717, 1.165) is 13.8 Å². The molecule has 0 aliphatic heterocycles. The van der Waals surface area contributed by atoms with Crippen molar-refractivity contribution in [1.29, 1.82) is 0 Å². The lowest BCUT2D eigenvalue weighted by Gasteiger charge is -2.59. The van der Waals surface area contributed by atoms with Gasteiger partial charge in [-0.05, 0) is 19.3 Å². The molecule has 0 radical (unpaired) electrons. The lowest BCUT2D eigenvalue weighted by molar-refractivity contribution is -0.137. The Morgan fingerprint density at radius 1 is 0.490 bits per heavy atom. The molecule has 0 amide bonds. The molecule has 51 heavy (non-hydrogen) atoms. The molecule has 0 aromatic carbocycles. The van der Waals surface area contributed by atoms with Gasteiger partial charge in [-0.1, -0.05) is 13.8 Å². The first-order valence-corrected chi connectivity index (χ1v) is 26.3. The molecule has 0 spiro atoms. The summed E-state index contributed by atoms with van der Waals surface area (Å²) in [6.45, 7) is -4.33. The molecule has 0 heterocycles. The SMILES string of the molecule is CCCN(C(P(=O)(O)O)P(=O)(O)O)C(N(CCCC(=O)O)C(N(CCC)C(P(=O)(O)O)P(=O)(O)O)(P(=O)(O)O)P(=O)(O)O)(P(=O)(O)O)P(=O)(O)O. The maximum Gasteiger partial charge on any atom is 0.373 e. The number of carboxylic acid groups (broad SMARTS) is 1. The van der Waals surface area contributed by atoms with Gasteiger partial charge in [0.2, 0.25) is 11.0 Å². The van der Waals surface area contributed by atoms with E-state index >= 15 is 0 Å². The van der Waals surface area contributed by atoms with Gasteiger partial charge in [0.1, 0.15) is 0 Å². The van der Waals surface area contributed by atoms with E-state index in [0.29, 0.717) is 0 Å². The summed E-state index contributed by atoms with van der Waals surface area (Å²) in [4.78, 5) is 174. The third-order valence-electron chi connectivity index (χ3n) is 6.52. The van der Waals surface area contributed by atoms with Gasteiger partial charge in [-0.15, -0.1) is 0 Å². The molecule has 0 aromatic heterocycles. The van der Waals surface area contributed by atoms with Crippen molar-refractivity contribution in [2.45, 2.75) is 60.9 Å². The number of carbonyl (C=O) groups is 1. The maximum absolute atomic E-state index is 13.6. The van der Waals surface area contributed by atoms with Gasteiger partial charge >= 0.3 is 66.7 Å². The molecule has 17 N–H and O–H groups in total. The zero-order valence-electron chi connectivity index (χ0n) is 25.8. The van der Waals surface area contributed by atoms with Crippen LogP contribution < -0.4 is 0 Å². The van der Waals surface area contributed by atoms with E-state index in [1.165, 1.54) is 0 Å². The first-order chi connectivity index (χ1) is 22.2. The van der Waals surface area contributed by atoms with Crippen molar-refractivity contribution in [3.8, 4) is 0 Å². The molecular weight excluding hydrogens is 874 g/mol. The summed E-state index contributed by atoms with van der Waals surface area (Å²) in [6, 6.07) is 0. The maximum atomic E-state index is 13.6. The normalized spacial score (nSPS) is 15.5. The number of rotatable bonds is 22. The lowest BCUT2D eigenvalue weighted by atomic mass is 10.3. The van der Waals surface area contributed by atoms with Gasteiger partial charge in [0.25, 0.3) is 10.3 Å². The quantitative estimate of drug-likeness (QED) is 0.0404. The van der Waals surface area contributed by atoms with Crippen LogP contribution in [-0.4, -0.2) is 145 Å². The summed E-state index contributed by atoms with van der Waals surface area (Å²) in [5.74, 6) is -1.99. The predicted molar refractivity (Wildman–Crippen MR) is 167 cm³/mol. The van der Waals surface area contributed by atoms with E-state index in [9.17, 15) is 125 Å². The Kier molecular flexibility index (Phi) is 17.1. The van der Waals surface area contributed by atoms with Crippen LogP contribution in [0.5, 0.6) is 0 Å². The fourth-order valence-electron chi connectivity index (χ4n) is 5.28. The van der Waals surface area contributed by atoms with Crippen LogP contribution in [0.2, 0.25) is 0 Å². The zero-order valence-corrected chi connectivity index (χ0v) is 33.0. The van der Waals surface area contributed by atoms with Crippen molar-refractivity contribution in [2.75, 3.05) is 19.6 Å². The summed E-state index contributed by atoms with van der Waals surface area (Å²) in [5.41, 5.74) is -8.48. The van der Waals surface area contributed by atoms with Gasteiger partial charge < -0.3 is 83.4 Å². The Hall–Kier alpha value is 0.550. The van der Waals surface area contributed by atoms with E-state index in [1.54, 1.807) is 0 Å². The van der Waals surface area contributed by atoms with E-state index < -0.39 is 148 Å². The highest BCUT2D eigenvalue weighted by Gasteiger charge is 2.83. The molecule has 0 unspecified atom stereocenters. The zero-order chi connectivity index (χ0) is 41.4. The van der Waals surface area contributed by atoms with Crippen LogP contribution >= 0.6 is 60.8 Å². The third kappa shape index (κ3) is 10.9. The summed E-state index contributed by atoms with van der Waals surface area (Å²) in [6.07, 6.45) is -5.00. The minimum absolute atomic E-state index is 0.822. The number of hydrogen-bond donors (Lipinski definition) is 17. The van der Waals surface area contributed by atoms with Crippen LogP contribution in [0.1, 0.15) is 39.5 Å². The number of aliphatic carboxylic acids is 1. The Bertz CT molecular complexity index is 1440. The average Bonchev–Trinajstić information content (AvgIpc) is 2.77. The van der Waals surface area contributed by atoms with Crippen LogP contribution in [0.15, 0.2) is 0 Å². The van der Waals surface area contributed by atoms with Gasteiger partial charge in [0, 0.05) is 26.1 Å². The van der Waals surface area contributed by atoms with E-state index in [2.05, 4.69) is 0 Å². The van der Waals surface area contributed by atoms with Crippen molar-refractivity contribution in [2.24, 2.45) is 0 Å². The van der Waals surface area contributed by atoms with Gasteiger partial charge in [0.15, 0.2) is 0 Å². The molecule has 0 aliphatic carbocycles. The van der Waals surface area contributed by atoms with Crippen molar-refractivity contribution in [1.82, 2.24) is 14.7 Å². The standard InChI is InChI=1S/C14H39N3O26P8/c1-3-7-15(11(44(20,21)22)45(23,24)25)13(48(32,33)34,49(35,36)37)17(9-5-6-10(18)19)14(50(38,39)40,51(41,42)43)16(8-4-2)12(46(26,27)28)47(29,30)31/h11-12H,3-9H2,1-2H3,(H,18,19)(H2,20,21,22)(H2,23,24,25)(H2,26,27,28)(H2,29,30,31)(H2,32,33,34)(H2,35,36,37)(H2,38,39,40)(H2,41,42,43). The highest BCUT2D eigenvalue weighted by Crippen LogP contribution is 2.83. The molecule has 0 saturated carbocycles. The second kappa shape index (κ2) is 17.0. The Morgan fingerprint density at radius 2 is 0.725 bits per heavy atom. The molecule has 0 aliphatic rings. The molecule has 0 fully saturated rings. The molecule has 0 rings (SSSR count). The van der Waals surface area contributed by atoms with Gasteiger partial charge in [-0.3, -0.25) is 41.3 Å². The molecule has 306 valence electrons. The molecular formula is C14H39N3O26P8. The minimum atomic E-state index is -7.68. The van der Waals surface area contributed by atoms with Crippen molar-refractivity contribution in [3.05, 3.63) is 0 Å². The summed E-state index contributed by atoms with van der Waals surface area (Å²) in [5, 5.41) is -2.13. The highest BCUT2D eigenvalue weighted by atomic mass is 31.3. The fourth-order valence-corrected chi connectivity index (χ4v) is 19.2. The Labute approximate surface area is 286 Å². The fraction of sp³-hybridized carbons (Fsp3) is 0.929. The molecule has 0 saturated heterocycles. The summed E-state index contributed by atoms with van der Waals surface area (Å²) < 4.78 is 105. The van der Waals surface area contributed by atoms with Crippen LogP contribution in [0.3, 0.4) is 0 Å². The van der Waals surface area contributed by atoms with Gasteiger partial charge in [0.05, 0.1) is 0 Å². The molecule has 29 nitrogen and oxygen atoms in total. The predicted octanol–water partition coefficient (Wildman–Crippen LogP) is -2.21.